The van der Waals surface area contributed by atoms with Gasteiger partial charge < -0.3 is 15.0 Å². The Morgan fingerprint density at radius 1 is 1.17 bits per heavy atom. The van der Waals surface area contributed by atoms with E-state index in [9.17, 15) is 14.4 Å². The zero-order chi connectivity index (χ0) is 20.8. The molecule has 1 N–H and O–H groups in total. The smallest absolute Gasteiger partial charge is 0.307 e. The third-order valence-corrected chi connectivity index (χ3v) is 6.14. The first-order valence-corrected chi connectivity index (χ1v) is 10.6. The van der Waals surface area contributed by atoms with Gasteiger partial charge in [0.1, 0.15) is 0 Å². The molecule has 1 aromatic heterocycles. The Kier molecular flexibility index (Phi) is 7.04. The predicted molar refractivity (Wildman–Crippen MR) is 112 cm³/mol. The third-order valence-electron chi connectivity index (χ3n) is 5.28. The number of nitrogens with one attached hydrogen (secondary N) is 1. The first-order chi connectivity index (χ1) is 14.0. The Hall–Kier alpha value is -2.67. The van der Waals surface area contributed by atoms with Gasteiger partial charge in [-0.05, 0) is 36.8 Å². The van der Waals surface area contributed by atoms with Crippen molar-refractivity contribution in [3.8, 4) is 0 Å². The van der Waals surface area contributed by atoms with E-state index in [1.165, 1.54) is 18.4 Å². The second-order valence-electron chi connectivity index (χ2n) is 7.30. The van der Waals surface area contributed by atoms with Gasteiger partial charge in [-0.25, -0.2) is 0 Å². The van der Waals surface area contributed by atoms with Crippen molar-refractivity contribution in [1.82, 2.24) is 10.2 Å². The van der Waals surface area contributed by atoms with Crippen molar-refractivity contribution in [2.45, 2.75) is 32.2 Å². The maximum Gasteiger partial charge on any atom is 0.307 e. The Morgan fingerprint density at radius 3 is 2.45 bits per heavy atom. The van der Waals surface area contributed by atoms with Crippen molar-refractivity contribution in [2.24, 2.45) is 5.92 Å². The lowest BCUT2D eigenvalue weighted by molar-refractivity contribution is -0.141. The summed E-state index contributed by atoms with van der Waals surface area (Å²) in [7, 11) is 1.34. The number of thiophene rings is 1. The van der Waals surface area contributed by atoms with Crippen LogP contribution in [0.25, 0.3) is 0 Å². The van der Waals surface area contributed by atoms with Gasteiger partial charge in [-0.2, -0.15) is 0 Å². The summed E-state index contributed by atoms with van der Waals surface area (Å²) in [6.45, 7) is 3.10. The molecule has 1 aliphatic rings. The number of carbonyl (C=O) groups is 3. The van der Waals surface area contributed by atoms with Gasteiger partial charge in [-0.3, -0.25) is 14.4 Å². The number of hydrogen-bond donors (Lipinski definition) is 1. The Labute approximate surface area is 174 Å². The molecule has 154 valence electrons. The summed E-state index contributed by atoms with van der Waals surface area (Å²) in [4.78, 5) is 39.7. The second kappa shape index (κ2) is 9.69. The van der Waals surface area contributed by atoms with Gasteiger partial charge in [-0.15, -0.1) is 11.3 Å². The summed E-state index contributed by atoms with van der Waals surface area (Å²) in [5, 5.41) is 4.91. The summed E-state index contributed by atoms with van der Waals surface area (Å²) in [5.41, 5.74) is 1.99. The highest BCUT2D eigenvalue weighted by Crippen LogP contribution is 2.24. The summed E-state index contributed by atoms with van der Waals surface area (Å²) < 4.78 is 4.80. The number of esters is 1. The quantitative estimate of drug-likeness (QED) is 0.736. The highest BCUT2D eigenvalue weighted by Gasteiger charge is 2.30. The van der Waals surface area contributed by atoms with Crippen molar-refractivity contribution in [2.75, 3.05) is 20.2 Å². The number of aryl methyl sites for hydroxylation is 1. The first kappa shape index (κ1) is 21.0. The van der Waals surface area contributed by atoms with Crippen molar-refractivity contribution < 1.29 is 19.1 Å². The number of nitrogens with zero attached hydrogens (tertiary/aromatic N) is 1. The zero-order valence-corrected chi connectivity index (χ0v) is 17.5. The Morgan fingerprint density at radius 2 is 1.86 bits per heavy atom. The van der Waals surface area contributed by atoms with E-state index >= 15 is 0 Å². The molecule has 0 aliphatic carbocycles. The molecule has 0 unspecified atom stereocenters. The lowest BCUT2D eigenvalue weighted by Gasteiger charge is -2.32. The molecular formula is C22H26N2O4S. The largest absolute Gasteiger partial charge is 0.469 e. The highest BCUT2D eigenvalue weighted by atomic mass is 32.1. The van der Waals surface area contributed by atoms with E-state index < -0.39 is 6.04 Å². The Bertz CT molecular complexity index is 840. The molecule has 29 heavy (non-hydrogen) atoms. The molecule has 2 heterocycles. The number of ether oxygens (including phenoxy) is 1. The molecule has 6 nitrogen and oxygen atoms in total. The Balaban J connectivity index is 1.60. The maximum absolute atomic E-state index is 12.9. The van der Waals surface area contributed by atoms with Crippen LogP contribution in [0.3, 0.4) is 0 Å². The fraction of sp³-hybridized carbons (Fsp3) is 0.409. The van der Waals surface area contributed by atoms with Gasteiger partial charge in [0.05, 0.1) is 24.4 Å². The zero-order valence-electron chi connectivity index (χ0n) is 16.7. The number of methoxy groups -OCH3 is 1. The van der Waals surface area contributed by atoms with E-state index in [2.05, 4.69) is 5.32 Å². The second-order valence-corrected chi connectivity index (χ2v) is 8.24. The van der Waals surface area contributed by atoms with Crippen molar-refractivity contribution >= 4 is 29.1 Å². The lowest BCUT2D eigenvalue weighted by Crippen LogP contribution is -2.43. The van der Waals surface area contributed by atoms with Crippen LogP contribution in [0.15, 0.2) is 41.8 Å². The van der Waals surface area contributed by atoms with Gasteiger partial charge in [0.2, 0.25) is 5.91 Å². The standard InChI is InChI=1S/C22H26N2O4S/c1-15-5-7-16(8-6-15)18(14-20(25)28-2)23-21(26)17-9-11-24(12-10-17)22(27)19-4-3-13-29-19/h3-8,13,17-18H,9-12,14H2,1-2H3,(H,23,26)/t18-/m0/s1. The molecule has 1 fully saturated rings. The van der Waals surface area contributed by atoms with Crippen LogP contribution >= 0.6 is 11.3 Å². The first-order valence-electron chi connectivity index (χ1n) is 9.74. The predicted octanol–water partition coefficient (Wildman–Crippen LogP) is 3.33. The molecule has 1 aliphatic heterocycles. The molecule has 1 saturated heterocycles. The number of likely N-dealkylation sites (tertiary alicyclic amines) is 1. The van der Waals surface area contributed by atoms with E-state index in [-0.39, 0.29) is 30.1 Å². The van der Waals surface area contributed by atoms with Gasteiger partial charge in [0.15, 0.2) is 0 Å². The van der Waals surface area contributed by atoms with E-state index in [0.717, 1.165) is 16.0 Å². The molecule has 1 aromatic carbocycles. The fourth-order valence-corrected chi connectivity index (χ4v) is 4.18. The van der Waals surface area contributed by atoms with Crippen molar-refractivity contribution in [1.29, 1.82) is 0 Å². The van der Waals surface area contributed by atoms with Crippen LogP contribution in [0.4, 0.5) is 0 Å². The van der Waals surface area contributed by atoms with Crippen LogP contribution in [0.2, 0.25) is 0 Å². The number of rotatable bonds is 6. The highest BCUT2D eigenvalue weighted by molar-refractivity contribution is 7.12. The number of piperidine rings is 1. The topological polar surface area (TPSA) is 75.7 Å². The minimum atomic E-state index is -0.429. The molecule has 2 aromatic rings. The number of carbonyl (C=O) groups excluding carboxylic acids is 3. The average molecular weight is 415 g/mol. The van der Waals surface area contributed by atoms with Crippen molar-refractivity contribution in [3.63, 3.8) is 0 Å². The molecule has 0 radical (unpaired) electrons. The minimum Gasteiger partial charge on any atom is -0.469 e. The third kappa shape index (κ3) is 5.44. The number of amides is 2. The van der Waals surface area contributed by atoms with E-state index in [4.69, 9.17) is 4.74 Å². The molecule has 3 rings (SSSR count). The fourth-order valence-electron chi connectivity index (χ4n) is 3.49. The van der Waals surface area contributed by atoms with Gasteiger partial charge in [-0.1, -0.05) is 35.9 Å². The van der Waals surface area contributed by atoms with Crippen LogP contribution in [0, 0.1) is 12.8 Å². The molecule has 0 bridgehead atoms. The van der Waals surface area contributed by atoms with Crippen molar-refractivity contribution in [3.05, 3.63) is 57.8 Å². The summed E-state index contributed by atoms with van der Waals surface area (Å²) in [5.74, 6) is -0.593. The van der Waals surface area contributed by atoms with Gasteiger partial charge in [0.25, 0.3) is 5.91 Å². The minimum absolute atomic E-state index is 0.0297. The van der Waals surface area contributed by atoms with Crippen LogP contribution in [-0.2, 0) is 14.3 Å². The molecule has 2 amide bonds. The van der Waals surface area contributed by atoms with Crippen LogP contribution in [-0.4, -0.2) is 42.9 Å². The molecular weight excluding hydrogens is 388 g/mol. The van der Waals surface area contributed by atoms with E-state index in [1.807, 2.05) is 53.6 Å². The molecule has 0 spiro atoms. The van der Waals surface area contributed by atoms with Crippen LogP contribution in [0.1, 0.15) is 46.1 Å². The van der Waals surface area contributed by atoms with Crippen LogP contribution < -0.4 is 5.32 Å². The molecule has 7 heteroatoms. The SMILES string of the molecule is COC(=O)C[C@H](NC(=O)C1CCN(C(=O)c2cccs2)CC1)c1ccc(C)cc1. The molecule has 1 atom stereocenters. The van der Waals surface area contributed by atoms with Crippen LogP contribution in [0.5, 0.6) is 0 Å². The van der Waals surface area contributed by atoms with E-state index in [1.54, 1.807) is 0 Å². The van der Waals surface area contributed by atoms with Gasteiger partial charge in [0, 0.05) is 19.0 Å². The number of hydrogen-bond acceptors (Lipinski definition) is 5. The summed E-state index contributed by atoms with van der Waals surface area (Å²) >= 11 is 1.43. The van der Waals surface area contributed by atoms with Gasteiger partial charge >= 0.3 is 5.97 Å². The average Bonchev–Trinajstić information content (AvgIpc) is 3.28. The summed E-state index contributed by atoms with van der Waals surface area (Å²) in [6.07, 6.45) is 1.31. The summed E-state index contributed by atoms with van der Waals surface area (Å²) in [6, 6.07) is 11.0. The van der Waals surface area contributed by atoms with E-state index in [0.29, 0.717) is 25.9 Å². The monoisotopic (exact) mass is 414 g/mol. The lowest BCUT2D eigenvalue weighted by atomic mass is 9.94. The maximum atomic E-state index is 12.9. The molecule has 0 saturated carbocycles. The normalized spacial score (nSPS) is 15.6. The number of benzene rings is 1.